The van der Waals surface area contributed by atoms with Gasteiger partial charge in [0.25, 0.3) is 0 Å². The quantitative estimate of drug-likeness (QED) is 0.547. The molecule has 164 valence electrons. The predicted octanol–water partition coefficient (Wildman–Crippen LogP) is 3.49. The molecule has 0 atom stereocenters. The van der Waals surface area contributed by atoms with Crippen LogP contribution in [-0.2, 0) is 27.8 Å². The number of carbonyl (C=O) groups excluding carboxylic acids is 1. The maximum atomic E-state index is 13.1. The van der Waals surface area contributed by atoms with Gasteiger partial charge in [-0.2, -0.15) is 0 Å². The van der Waals surface area contributed by atoms with Crippen molar-refractivity contribution in [1.29, 1.82) is 0 Å². The third kappa shape index (κ3) is 5.09. The molecular weight excluding hydrogens is 425 g/mol. The second kappa shape index (κ2) is 9.27. The number of carbonyl (C=O) groups is 1. The normalized spacial score (nSPS) is 11.4. The summed E-state index contributed by atoms with van der Waals surface area (Å²) in [6.07, 6.45) is 0.509. The van der Waals surface area contributed by atoms with E-state index < -0.39 is 15.8 Å². The second-order valence-corrected chi connectivity index (χ2v) is 8.42. The lowest BCUT2D eigenvalue weighted by molar-refractivity contribution is -0.114. The van der Waals surface area contributed by atoms with E-state index in [1.54, 1.807) is 6.07 Å². The SMILES string of the molecule is CCc1noc(NC(C)=O)c1-c1ccc(OC)c(S(=O)(=O)NCc2ccc(F)cc2)c1. The van der Waals surface area contributed by atoms with Gasteiger partial charge in [0.1, 0.15) is 16.5 Å². The van der Waals surface area contributed by atoms with Gasteiger partial charge in [-0.05, 0) is 41.8 Å². The minimum atomic E-state index is -3.99. The first-order valence-corrected chi connectivity index (χ1v) is 10.9. The topological polar surface area (TPSA) is 111 Å². The van der Waals surface area contributed by atoms with Gasteiger partial charge in [-0.15, -0.1) is 0 Å². The molecule has 0 fully saturated rings. The van der Waals surface area contributed by atoms with E-state index in [0.717, 1.165) is 0 Å². The standard InChI is InChI=1S/C21H22FN3O5S/c1-4-17-20(21(30-25-17)24-13(2)26)15-7-10-18(29-3)19(11-15)31(27,28)23-12-14-5-8-16(22)9-6-14/h5-11,23H,4,12H2,1-3H3,(H,24,26). The number of nitrogens with zero attached hydrogens (tertiary/aromatic N) is 1. The molecule has 0 bridgehead atoms. The molecule has 3 aromatic rings. The van der Waals surface area contributed by atoms with Gasteiger partial charge in [-0.25, -0.2) is 17.5 Å². The Morgan fingerprint density at radius 1 is 1.19 bits per heavy atom. The van der Waals surface area contributed by atoms with Crippen molar-refractivity contribution in [2.24, 2.45) is 0 Å². The van der Waals surface area contributed by atoms with Gasteiger partial charge in [0.05, 0.1) is 18.4 Å². The van der Waals surface area contributed by atoms with Crippen LogP contribution < -0.4 is 14.8 Å². The molecule has 31 heavy (non-hydrogen) atoms. The minimum Gasteiger partial charge on any atom is -0.495 e. The molecule has 0 aliphatic carbocycles. The first kappa shape index (κ1) is 22.4. The monoisotopic (exact) mass is 447 g/mol. The molecule has 1 aromatic heterocycles. The van der Waals surface area contributed by atoms with Crippen LogP contribution in [-0.4, -0.2) is 26.6 Å². The number of ether oxygens (including phenoxy) is 1. The fourth-order valence-corrected chi connectivity index (χ4v) is 4.22. The smallest absolute Gasteiger partial charge is 0.244 e. The zero-order valence-electron chi connectivity index (χ0n) is 17.2. The number of amides is 1. The van der Waals surface area contributed by atoms with E-state index in [0.29, 0.717) is 28.8 Å². The van der Waals surface area contributed by atoms with E-state index in [2.05, 4.69) is 15.2 Å². The molecule has 8 nitrogen and oxygen atoms in total. The number of anilines is 1. The average Bonchev–Trinajstić information content (AvgIpc) is 3.14. The molecule has 1 heterocycles. The third-order valence-corrected chi connectivity index (χ3v) is 5.93. The average molecular weight is 447 g/mol. The lowest BCUT2D eigenvalue weighted by Gasteiger charge is -2.13. The van der Waals surface area contributed by atoms with Crippen LogP contribution in [0.15, 0.2) is 51.9 Å². The van der Waals surface area contributed by atoms with Gasteiger partial charge >= 0.3 is 0 Å². The highest BCUT2D eigenvalue weighted by Gasteiger charge is 2.24. The van der Waals surface area contributed by atoms with E-state index in [1.165, 1.54) is 50.4 Å². The van der Waals surface area contributed by atoms with E-state index >= 15 is 0 Å². The summed E-state index contributed by atoms with van der Waals surface area (Å²) >= 11 is 0. The number of nitrogens with one attached hydrogen (secondary N) is 2. The third-order valence-electron chi connectivity index (χ3n) is 4.51. The van der Waals surface area contributed by atoms with E-state index in [-0.39, 0.29) is 29.0 Å². The molecule has 0 unspecified atom stereocenters. The molecule has 0 radical (unpaired) electrons. The van der Waals surface area contributed by atoms with Gasteiger partial charge < -0.3 is 9.26 Å². The Bertz CT molecular complexity index is 1190. The summed E-state index contributed by atoms with van der Waals surface area (Å²) in [6, 6.07) is 10.1. The van der Waals surface area contributed by atoms with E-state index in [4.69, 9.17) is 9.26 Å². The number of hydrogen-bond acceptors (Lipinski definition) is 6. The minimum absolute atomic E-state index is 0.0272. The van der Waals surface area contributed by atoms with Crippen LogP contribution in [0.2, 0.25) is 0 Å². The van der Waals surface area contributed by atoms with Crippen molar-refractivity contribution in [1.82, 2.24) is 9.88 Å². The van der Waals surface area contributed by atoms with Crippen LogP contribution in [0, 0.1) is 5.82 Å². The number of sulfonamides is 1. The van der Waals surface area contributed by atoms with Crippen LogP contribution >= 0.6 is 0 Å². The van der Waals surface area contributed by atoms with Gasteiger partial charge in [-0.3, -0.25) is 10.1 Å². The molecular formula is C21H22FN3O5S. The van der Waals surface area contributed by atoms with Crippen LogP contribution in [0.3, 0.4) is 0 Å². The molecule has 2 N–H and O–H groups in total. The Kier molecular flexibility index (Phi) is 6.71. The van der Waals surface area contributed by atoms with Gasteiger partial charge in [0, 0.05) is 13.5 Å². The molecule has 0 aliphatic heterocycles. The number of halogens is 1. The predicted molar refractivity (Wildman–Crippen MR) is 113 cm³/mol. The number of aromatic nitrogens is 1. The number of aryl methyl sites for hydroxylation is 1. The van der Waals surface area contributed by atoms with Crippen molar-refractivity contribution in [3.8, 4) is 16.9 Å². The summed E-state index contributed by atoms with van der Waals surface area (Å²) < 4.78 is 52.1. The molecule has 10 heteroatoms. The second-order valence-electron chi connectivity index (χ2n) is 6.68. The largest absolute Gasteiger partial charge is 0.495 e. The number of hydrogen-bond donors (Lipinski definition) is 2. The van der Waals surface area contributed by atoms with Crippen molar-refractivity contribution < 1.29 is 26.9 Å². The van der Waals surface area contributed by atoms with Gasteiger partial charge in [0.15, 0.2) is 0 Å². The number of benzene rings is 2. The van der Waals surface area contributed by atoms with Crippen molar-refractivity contribution in [3.63, 3.8) is 0 Å². The fourth-order valence-electron chi connectivity index (χ4n) is 3.01. The van der Waals surface area contributed by atoms with Crippen molar-refractivity contribution in [3.05, 3.63) is 59.5 Å². The summed E-state index contributed by atoms with van der Waals surface area (Å²) in [5.41, 5.74) is 2.15. The molecule has 0 saturated carbocycles. The Morgan fingerprint density at radius 2 is 1.90 bits per heavy atom. The zero-order chi connectivity index (χ0) is 22.6. The molecule has 2 aromatic carbocycles. The Balaban J connectivity index is 2.00. The summed E-state index contributed by atoms with van der Waals surface area (Å²) in [5.74, 6) is -0.471. The van der Waals surface area contributed by atoms with Crippen LogP contribution in [0.1, 0.15) is 25.1 Å². The summed E-state index contributed by atoms with van der Waals surface area (Å²) in [7, 11) is -2.62. The van der Waals surface area contributed by atoms with Crippen molar-refractivity contribution in [2.75, 3.05) is 12.4 Å². The first-order chi connectivity index (χ1) is 14.7. The highest BCUT2D eigenvalue weighted by molar-refractivity contribution is 7.89. The van der Waals surface area contributed by atoms with Crippen LogP contribution in [0.25, 0.3) is 11.1 Å². The number of methoxy groups -OCH3 is 1. The molecule has 1 amide bonds. The zero-order valence-corrected chi connectivity index (χ0v) is 18.0. The van der Waals surface area contributed by atoms with Gasteiger partial charge in [-0.1, -0.05) is 30.3 Å². The fraction of sp³-hybridized carbons (Fsp3) is 0.238. The molecule has 0 aliphatic rings. The molecule has 0 spiro atoms. The van der Waals surface area contributed by atoms with Crippen LogP contribution in [0.4, 0.5) is 10.3 Å². The Labute approximate surface area is 179 Å². The highest BCUT2D eigenvalue weighted by atomic mass is 32.2. The Hall–Kier alpha value is -3.24. The Morgan fingerprint density at radius 3 is 2.52 bits per heavy atom. The maximum Gasteiger partial charge on any atom is 0.244 e. The van der Waals surface area contributed by atoms with E-state index in [9.17, 15) is 17.6 Å². The first-order valence-electron chi connectivity index (χ1n) is 9.43. The van der Waals surface area contributed by atoms with Crippen molar-refractivity contribution in [2.45, 2.75) is 31.7 Å². The lowest BCUT2D eigenvalue weighted by Crippen LogP contribution is -2.23. The molecule has 3 rings (SSSR count). The summed E-state index contributed by atoms with van der Waals surface area (Å²) in [6.45, 7) is 3.17. The van der Waals surface area contributed by atoms with E-state index in [1.807, 2.05) is 6.92 Å². The van der Waals surface area contributed by atoms with Crippen molar-refractivity contribution >= 4 is 21.8 Å². The number of rotatable bonds is 8. The van der Waals surface area contributed by atoms with Crippen LogP contribution in [0.5, 0.6) is 5.75 Å². The summed E-state index contributed by atoms with van der Waals surface area (Å²) in [4.78, 5) is 11.4. The lowest BCUT2D eigenvalue weighted by atomic mass is 10.0. The molecule has 0 saturated heterocycles. The van der Waals surface area contributed by atoms with Gasteiger partial charge in [0.2, 0.25) is 21.8 Å². The summed E-state index contributed by atoms with van der Waals surface area (Å²) in [5, 5.41) is 6.53. The maximum absolute atomic E-state index is 13.1. The highest BCUT2D eigenvalue weighted by Crippen LogP contribution is 2.36.